The van der Waals surface area contributed by atoms with Crippen LogP contribution >= 0.6 is 11.3 Å². The lowest BCUT2D eigenvalue weighted by molar-refractivity contribution is 0.936. The fourth-order valence-electron chi connectivity index (χ4n) is 2.85. The van der Waals surface area contributed by atoms with Crippen molar-refractivity contribution in [3.8, 4) is 33.2 Å². The summed E-state index contributed by atoms with van der Waals surface area (Å²) in [6.07, 6.45) is 0. The van der Waals surface area contributed by atoms with E-state index in [1.54, 1.807) is 11.3 Å². The van der Waals surface area contributed by atoms with Crippen LogP contribution in [-0.2, 0) is 7.05 Å². The summed E-state index contributed by atoms with van der Waals surface area (Å²) < 4.78 is 2.20. The maximum absolute atomic E-state index is 4.97. The van der Waals surface area contributed by atoms with Crippen molar-refractivity contribution >= 4 is 11.3 Å². The second kappa shape index (κ2) is 5.86. The molecule has 0 saturated carbocycles. The van der Waals surface area contributed by atoms with Crippen LogP contribution in [0.2, 0.25) is 0 Å². The van der Waals surface area contributed by atoms with E-state index >= 15 is 0 Å². The lowest BCUT2D eigenvalue weighted by Gasteiger charge is -2.07. The number of imidazole rings is 1. The monoisotopic (exact) mass is 316 g/mol. The molecular weight excluding hydrogens is 300 g/mol. The molecule has 0 bridgehead atoms. The summed E-state index contributed by atoms with van der Waals surface area (Å²) in [5.41, 5.74) is 4.51. The minimum atomic E-state index is 1.01. The summed E-state index contributed by atoms with van der Waals surface area (Å²) in [4.78, 5) is 6.16. The SMILES string of the molecule is Cn1c(-c2cccs2)nc(-c2ccccc2)c1-c1ccccc1. The van der Waals surface area contributed by atoms with Crippen LogP contribution in [0.1, 0.15) is 0 Å². The van der Waals surface area contributed by atoms with Gasteiger partial charge in [0.15, 0.2) is 5.82 Å². The fourth-order valence-corrected chi connectivity index (χ4v) is 3.60. The molecule has 0 spiro atoms. The maximum atomic E-state index is 4.97. The lowest BCUT2D eigenvalue weighted by Crippen LogP contribution is -1.94. The normalized spacial score (nSPS) is 10.8. The summed E-state index contributed by atoms with van der Waals surface area (Å²) in [5, 5.41) is 2.09. The number of rotatable bonds is 3. The Balaban J connectivity index is 1.99. The molecule has 0 fully saturated rings. The quantitative estimate of drug-likeness (QED) is 0.489. The molecule has 4 rings (SSSR count). The molecular formula is C20H16N2S. The zero-order valence-electron chi connectivity index (χ0n) is 12.8. The molecule has 4 aromatic rings. The average molecular weight is 316 g/mol. The molecule has 0 N–H and O–H groups in total. The molecule has 0 atom stereocenters. The molecule has 0 aliphatic heterocycles. The Morgan fingerprint density at radius 3 is 2.04 bits per heavy atom. The number of aromatic nitrogens is 2. The third-order valence-electron chi connectivity index (χ3n) is 3.93. The fraction of sp³-hybridized carbons (Fsp3) is 0.0500. The summed E-state index contributed by atoms with van der Waals surface area (Å²) in [5.74, 6) is 1.01. The van der Waals surface area contributed by atoms with Gasteiger partial charge in [-0.15, -0.1) is 11.3 Å². The smallest absolute Gasteiger partial charge is 0.151 e. The molecule has 0 radical (unpaired) electrons. The van der Waals surface area contributed by atoms with Gasteiger partial charge in [-0.05, 0) is 11.4 Å². The molecule has 0 unspecified atom stereocenters. The molecule has 3 heteroatoms. The van der Waals surface area contributed by atoms with Crippen LogP contribution in [0.15, 0.2) is 78.2 Å². The Bertz CT molecular complexity index is 907. The van der Waals surface area contributed by atoms with Crippen molar-refractivity contribution in [2.24, 2.45) is 7.05 Å². The molecule has 23 heavy (non-hydrogen) atoms. The van der Waals surface area contributed by atoms with Crippen molar-refractivity contribution in [2.75, 3.05) is 0 Å². The van der Waals surface area contributed by atoms with E-state index in [4.69, 9.17) is 4.98 Å². The first kappa shape index (κ1) is 14.0. The first-order chi connectivity index (χ1) is 11.3. The van der Waals surface area contributed by atoms with Crippen molar-refractivity contribution in [1.29, 1.82) is 0 Å². The van der Waals surface area contributed by atoms with E-state index < -0.39 is 0 Å². The Labute approximate surface area is 139 Å². The van der Waals surface area contributed by atoms with Gasteiger partial charge in [0.25, 0.3) is 0 Å². The molecule has 0 aliphatic carbocycles. The van der Waals surface area contributed by atoms with Gasteiger partial charge in [0, 0.05) is 18.2 Å². The van der Waals surface area contributed by atoms with Crippen molar-refractivity contribution in [3.05, 3.63) is 78.2 Å². The summed E-state index contributed by atoms with van der Waals surface area (Å²) in [6.45, 7) is 0. The Hall–Kier alpha value is -2.65. The third kappa shape index (κ3) is 2.49. The van der Waals surface area contributed by atoms with E-state index in [0.29, 0.717) is 0 Å². The molecule has 2 nitrogen and oxygen atoms in total. The standard InChI is InChI=1S/C20H16N2S/c1-22-19(16-11-6-3-7-12-16)18(15-9-4-2-5-10-15)21-20(22)17-13-8-14-23-17/h2-14H,1H3. The van der Waals surface area contributed by atoms with Gasteiger partial charge in [-0.1, -0.05) is 66.7 Å². The third-order valence-corrected chi connectivity index (χ3v) is 4.80. The Morgan fingerprint density at radius 1 is 0.783 bits per heavy atom. The second-order valence-corrected chi connectivity index (χ2v) is 6.35. The van der Waals surface area contributed by atoms with Gasteiger partial charge in [-0.2, -0.15) is 0 Å². The highest BCUT2D eigenvalue weighted by atomic mass is 32.1. The molecule has 0 amide bonds. The molecule has 2 aromatic carbocycles. The Kier molecular flexibility index (Phi) is 3.56. The van der Waals surface area contributed by atoms with Gasteiger partial charge in [-0.3, -0.25) is 0 Å². The zero-order valence-corrected chi connectivity index (χ0v) is 13.6. The second-order valence-electron chi connectivity index (χ2n) is 5.40. The van der Waals surface area contributed by atoms with E-state index in [2.05, 4.69) is 77.7 Å². The number of hydrogen-bond acceptors (Lipinski definition) is 2. The minimum Gasteiger partial charge on any atom is -0.326 e. The number of nitrogens with zero attached hydrogens (tertiary/aromatic N) is 2. The highest BCUT2D eigenvalue weighted by Crippen LogP contribution is 2.36. The highest BCUT2D eigenvalue weighted by Gasteiger charge is 2.18. The van der Waals surface area contributed by atoms with Gasteiger partial charge < -0.3 is 4.57 Å². The number of thiophene rings is 1. The van der Waals surface area contributed by atoms with E-state index in [-0.39, 0.29) is 0 Å². The van der Waals surface area contributed by atoms with Crippen LogP contribution < -0.4 is 0 Å². The maximum Gasteiger partial charge on any atom is 0.151 e. The number of hydrogen-bond donors (Lipinski definition) is 0. The Morgan fingerprint density at radius 2 is 1.43 bits per heavy atom. The van der Waals surface area contributed by atoms with Crippen LogP contribution in [-0.4, -0.2) is 9.55 Å². The predicted molar refractivity (Wildman–Crippen MR) is 97.4 cm³/mol. The van der Waals surface area contributed by atoms with E-state index in [1.807, 2.05) is 12.1 Å². The van der Waals surface area contributed by atoms with Gasteiger partial charge in [0.05, 0.1) is 16.3 Å². The van der Waals surface area contributed by atoms with Crippen molar-refractivity contribution in [1.82, 2.24) is 9.55 Å². The zero-order chi connectivity index (χ0) is 15.6. The van der Waals surface area contributed by atoms with E-state index in [1.165, 1.54) is 10.4 Å². The molecule has 2 aromatic heterocycles. The largest absolute Gasteiger partial charge is 0.326 e. The van der Waals surface area contributed by atoms with E-state index in [0.717, 1.165) is 22.8 Å². The van der Waals surface area contributed by atoms with Crippen LogP contribution in [0.4, 0.5) is 0 Å². The van der Waals surface area contributed by atoms with Gasteiger partial charge in [0.2, 0.25) is 0 Å². The summed E-state index contributed by atoms with van der Waals surface area (Å²) in [7, 11) is 2.09. The predicted octanol–water partition coefficient (Wildman–Crippen LogP) is 5.48. The van der Waals surface area contributed by atoms with Gasteiger partial charge >= 0.3 is 0 Å². The average Bonchev–Trinajstić information content (AvgIpc) is 3.24. The molecule has 0 saturated heterocycles. The molecule has 2 heterocycles. The first-order valence-corrected chi connectivity index (χ1v) is 8.44. The van der Waals surface area contributed by atoms with Gasteiger partial charge in [0.1, 0.15) is 0 Å². The van der Waals surface area contributed by atoms with E-state index in [9.17, 15) is 0 Å². The van der Waals surface area contributed by atoms with Crippen LogP contribution in [0.5, 0.6) is 0 Å². The van der Waals surface area contributed by atoms with Crippen LogP contribution in [0.3, 0.4) is 0 Å². The molecule has 112 valence electrons. The number of benzene rings is 2. The van der Waals surface area contributed by atoms with Crippen molar-refractivity contribution < 1.29 is 0 Å². The highest BCUT2D eigenvalue weighted by molar-refractivity contribution is 7.13. The first-order valence-electron chi connectivity index (χ1n) is 7.56. The van der Waals surface area contributed by atoms with Crippen LogP contribution in [0, 0.1) is 0 Å². The van der Waals surface area contributed by atoms with Crippen molar-refractivity contribution in [3.63, 3.8) is 0 Å². The topological polar surface area (TPSA) is 17.8 Å². The van der Waals surface area contributed by atoms with Gasteiger partial charge in [-0.25, -0.2) is 4.98 Å². The van der Waals surface area contributed by atoms with Crippen molar-refractivity contribution in [2.45, 2.75) is 0 Å². The summed E-state index contributed by atoms with van der Waals surface area (Å²) >= 11 is 1.72. The lowest BCUT2D eigenvalue weighted by atomic mass is 10.1. The van der Waals surface area contributed by atoms with Crippen LogP contribution in [0.25, 0.3) is 33.2 Å². The summed E-state index contributed by atoms with van der Waals surface area (Å²) in [6, 6.07) is 25.0. The molecule has 0 aliphatic rings. The minimum absolute atomic E-state index is 1.01.